The zero-order valence-corrected chi connectivity index (χ0v) is 14.5. The van der Waals surface area contributed by atoms with E-state index < -0.39 is 0 Å². The van der Waals surface area contributed by atoms with Gasteiger partial charge in [0, 0.05) is 30.3 Å². The number of H-pyrrole nitrogens is 1. The third kappa shape index (κ3) is 3.80. The van der Waals surface area contributed by atoms with Gasteiger partial charge < -0.3 is 0 Å². The quantitative estimate of drug-likeness (QED) is 0.405. The van der Waals surface area contributed by atoms with Crippen LogP contribution in [-0.2, 0) is 12.8 Å². The first-order chi connectivity index (χ1) is 11.6. The number of anilines is 1. The molecule has 0 fully saturated rings. The van der Waals surface area contributed by atoms with Gasteiger partial charge in [-0.1, -0.05) is 17.8 Å². The second kappa shape index (κ2) is 7.26. The molecule has 124 valence electrons. The summed E-state index contributed by atoms with van der Waals surface area (Å²) in [5, 5.41) is 16.1. The Morgan fingerprint density at radius 2 is 2.25 bits per heavy atom. The smallest absolute Gasteiger partial charge is 0.240 e. The molecule has 3 aromatic heterocycles. The molecule has 0 aromatic carbocycles. The number of hydrogen-bond donors (Lipinski definition) is 2. The van der Waals surface area contributed by atoms with Gasteiger partial charge in [0.2, 0.25) is 11.1 Å². The molecular formula is C15H18N8S. The molecule has 0 amide bonds. The van der Waals surface area contributed by atoms with Gasteiger partial charge in [0.15, 0.2) is 0 Å². The summed E-state index contributed by atoms with van der Waals surface area (Å²) in [6.07, 6.45) is 3.51. The lowest BCUT2D eigenvalue weighted by molar-refractivity contribution is 0.731. The van der Waals surface area contributed by atoms with E-state index in [4.69, 9.17) is 0 Å². The van der Waals surface area contributed by atoms with Crippen molar-refractivity contribution in [2.45, 2.75) is 24.8 Å². The van der Waals surface area contributed by atoms with Crippen molar-refractivity contribution in [3.05, 3.63) is 47.0 Å². The molecule has 0 aliphatic carbocycles. The Morgan fingerprint density at radius 1 is 1.38 bits per heavy atom. The predicted molar refractivity (Wildman–Crippen MR) is 94.1 cm³/mol. The van der Waals surface area contributed by atoms with Gasteiger partial charge in [0.25, 0.3) is 0 Å². The zero-order valence-electron chi connectivity index (χ0n) is 13.7. The Bertz CT molecular complexity index is 837. The van der Waals surface area contributed by atoms with Gasteiger partial charge >= 0.3 is 0 Å². The first-order valence-corrected chi connectivity index (χ1v) is 8.36. The molecule has 8 nitrogen and oxygen atoms in total. The lowest BCUT2D eigenvalue weighted by atomic mass is 10.2. The van der Waals surface area contributed by atoms with E-state index in [1.807, 2.05) is 43.8 Å². The molecule has 0 spiro atoms. The van der Waals surface area contributed by atoms with E-state index in [1.165, 1.54) is 11.8 Å². The largest absolute Gasteiger partial charge is 0.272 e. The number of aryl methyl sites for hydroxylation is 2. The number of pyridine rings is 1. The molecule has 24 heavy (non-hydrogen) atoms. The van der Waals surface area contributed by atoms with E-state index in [2.05, 4.69) is 35.8 Å². The Morgan fingerprint density at radius 3 is 2.96 bits per heavy atom. The van der Waals surface area contributed by atoms with Gasteiger partial charge in [-0.05, 0) is 26.0 Å². The maximum absolute atomic E-state index is 4.35. The summed E-state index contributed by atoms with van der Waals surface area (Å²) in [7, 11) is 1.91. The highest BCUT2D eigenvalue weighted by molar-refractivity contribution is 7.98. The molecule has 0 aliphatic rings. The summed E-state index contributed by atoms with van der Waals surface area (Å²) >= 11 is 1.51. The Kier molecular flexibility index (Phi) is 4.90. The number of rotatable bonds is 6. The van der Waals surface area contributed by atoms with Crippen LogP contribution >= 0.6 is 11.8 Å². The zero-order chi connectivity index (χ0) is 16.9. The Hall–Kier alpha value is -2.68. The van der Waals surface area contributed by atoms with Gasteiger partial charge in [0.05, 0.1) is 17.6 Å². The number of aromatic nitrogens is 6. The van der Waals surface area contributed by atoms with Gasteiger partial charge in [-0.25, -0.2) is 10.5 Å². The second-order valence-electron chi connectivity index (χ2n) is 5.15. The monoisotopic (exact) mass is 342 g/mol. The van der Waals surface area contributed by atoms with E-state index in [0.717, 1.165) is 28.4 Å². The fourth-order valence-electron chi connectivity index (χ4n) is 2.12. The van der Waals surface area contributed by atoms with Gasteiger partial charge in [0.1, 0.15) is 0 Å². The van der Waals surface area contributed by atoms with Gasteiger partial charge in [-0.3, -0.25) is 9.67 Å². The molecule has 0 radical (unpaired) electrons. The minimum atomic E-state index is 0.494. The van der Waals surface area contributed by atoms with Crippen LogP contribution in [0.25, 0.3) is 0 Å². The molecule has 3 heterocycles. The molecule has 0 saturated heterocycles. The molecule has 0 saturated carbocycles. The minimum Gasteiger partial charge on any atom is -0.272 e. The van der Waals surface area contributed by atoms with Crippen molar-refractivity contribution in [1.29, 1.82) is 0 Å². The average Bonchev–Trinajstić information content (AvgIpc) is 3.13. The fourth-order valence-corrected chi connectivity index (χ4v) is 2.83. The second-order valence-corrected chi connectivity index (χ2v) is 6.10. The van der Waals surface area contributed by atoms with E-state index in [1.54, 1.807) is 12.4 Å². The van der Waals surface area contributed by atoms with Gasteiger partial charge in [-0.2, -0.15) is 15.2 Å². The Balaban J connectivity index is 1.57. The van der Waals surface area contributed by atoms with E-state index in [-0.39, 0.29) is 0 Å². The first kappa shape index (κ1) is 16.2. The van der Waals surface area contributed by atoms with Crippen molar-refractivity contribution in [1.82, 2.24) is 29.9 Å². The molecule has 0 bridgehead atoms. The molecule has 9 heteroatoms. The summed E-state index contributed by atoms with van der Waals surface area (Å²) < 4.78 is 1.83. The predicted octanol–water partition coefficient (Wildman–Crippen LogP) is 2.29. The molecule has 3 rings (SSSR count). The first-order valence-electron chi connectivity index (χ1n) is 7.38. The number of nitrogens with one attached hydrogen (secondary N) is 2. The van der Waals surface area contributed by atoms with Crippen molar-refractivity contribution in [2.75, 3.05) is 5.43 Å². The highest BCUT2D eigenvalue weighted by Crippen LogP contribution is 2.18. The van der Waals surface area contributed by atoms with Crippen molar-refractivity contribution in [3.8, 4) is 0 Å². The van der Waals surface area contributed by atoms with Crippen LogP contribution in [0, 0.1) is 13.8 Å². The summed E-state index contributed by atoms with van der Waals surface area (Å²) in [5.41, 5.74) is 6.83. The molecule has 3 aromatic rings. The van der Waals surface area contributed by atoms with Crippen LogP contribution in [0.4, 0.5) is 5.95 Å². The third-order valence-electron chi connectivity index (χ3n) is 3.47. The van der Waals surface area contributed by atoms with E-state index in [9.17, 15) is 0 Å². The van der Waals surface area contributed by atoms with Crippen LogP contribution in [0.1, 0.15) is 22.6 Å². The number of hydrogen-bond acceptors (Lipinski definition) is 7. The average molecular weight is 342 g/mol. The third-order valence-corrected chi connectivity index (χ3v) is 4.35. The lowest BCUT2D eigenvalue weighted by Crippen LogP contribution is -1.96. The van der Waals surface area contributed by atoms with Gasteiger partial charge in [-0.15, -0.1) is 5.10 Å². The highest BCUT2D eigenvalue weighted by Gasteiger charge is 2.07. The molecule has 0 atom stereocenters. The summed E-state index contributed by atoms with van der Waals surface area (Å²) in [6, 6.07) is 5.83. The molecular weight excluding hydrogens is 324 g/mol. The standard InChI is InChI=1S/C15H18N8S/c1-10-13(11(2)23(3)22-10)8-17-19-14-18-15(21-20-14)24-9-12-6-4-5-7-16-12/h4-8H,9H2,1-3H3,(H2,18,19,20,21)/b17-8-. The number of aromatic amines is 1. The number of nitrogens with zero attached hydrogens (tertiary/aromatic N) is 6. The molecule has 0 aliphatic heterocycles. The van der Waals surface area contributed by atoms with Crippen molar-refractivity contribution < 1.29 is 0 Å². The molecule has 2 N–H and O–H groups in total. The lowest BCUT2D eigenvalue weighted by Gasteiger charge is -1.96. The van der Waals surface area contributed by atoms with E-state index >= 15 is 0 Å². The summed E-state index contributed by atoms with van der Waals surface area (Å²) in [6.45, 7) is 3.96. The van der Waals surface area contributed by atoms with Crippen molar-refractivity contribution >= 4 is 23.9 Å². The van der Waals surface area contributed by atoms with Crippen LogP contribution < -0.4 is 5.43 Å². The summed E-state index contributed by atoms with van der Waals surface area (Å²) in [4.78, 5) is 8.60. The number of thioether (sulfide) groups is 1. The maximum atomic E-state index is 4.35. The fraction of sp³-hybridized carbons (Fsp3) is 0.267. The van der Waals surface area contributed by atoms with E-state index in [0.29, 0.717) is 11.1 Å². The maximum Gasteiger partial charge on any atom is 0.240 e. The normalized spacial score (nSPS) is 11.3. The SMILES string of the molecule is Cc1nn(C)c(C)c1/C=N\Nc1nc(SCc2ccccn2)n[nH]1. The minimum absolute atomic E-state index is 0.494. The van der Waals surface area contributed by atoms with Crippen LogP contribution in [0.15, 0.2) is 34.7 Å². The topological polar surface area (TPSA) is 96.7 Å². The number of hydrazone groups is 1. The van der Waals surface area contributed by atoms with Crippen molar-refractivity contribution in [2.24, 2.45) is 12.1 Å². The Labute approximate surface area is 143 Å². The van der Waals surface area contributed by atoms with Crippen LogP contribution in [-0.4, -0.2) is 36.2 Å². The van der Waals surface area contributed by atoms with Crippen LogP contribution in [0.3, 0.4) is 0 Å². The van der Waals surface area contributed by atoms with Crippen LogP contribution in [0.5, 0.6) is 0 Å². The van der Waals surface area contributed by atoms with Crippen LogP contribution in [0.2, 0.25) is 0 Å². The molecule has 0 unspecified atom stereocenters. The van der Waals surface area contributed by atoms with Crippen molar-refractivity contribution in [3.63, 3.8) is 0 Å². The summed E-state index contributed by atoms with van der Waals surface area (Å²) in [5.74, 6) is 1.21. The highest BCUT2D eigenvalue weighted by atomic mass is 32.2.